The van der Waals surface area contributed by atoms with E-state index in [4.69, 9.17) is 4.42 Å². The van der Waals surface area contributed by atoms with Crippen molar-refractivity contribution in [2.45, 2.75) is 6.92 Å². The van der Waals surface area contributed by atoms with Crippen molar-refractivity contribution in [1.82, 2.24) is 0 Å². The summed E-state index contributed by atoms with van der Waals surface area (Å²) in [6, 6.07) is 16.6. The van der Waals surface area contributed by atoms with Crippen LogP contribution < -0.4 is 4.90 Å². The lowest BCUT2D eigenvalue weighted by atomic mass is 10.1. The zero-order valence-electron chi connectivity index (χ0n) is 14.1. The van der Waals surface area contributed by atoms with Gasteiger partial charge in [0.1, 0.15) is 11.3 Å². The van der Waals surface area contributed by atoms with Crippen molar-refractivity contribution in [2.24, 2.45) is 0 Å². The first-order chi connectivity index (χ1) is 11.6. The summed E-state index contributed by atoms with van der Waals surface area (Å²) >= 11 is 0. The van der Waals surface area contributed by atoms with Crippen LogP contribution in [-0.2, 0) is 0 Å². The highest BCUT2D eigenvalue weighted by molar-refractivity contribution is 5.83. The molecule has 0 atom stereocenters. The molecule has 2 heteroatoms. The Morgan fingerprint density at radius 1 is 1.04 bits per heavy atom. The van der Waals surface area contributed by atoms with E-state index in [9.17, 15) is 0 Å². The van der Waals surface area contributed by atoms with Crippen molar-refractivity contribution in [3.63, 3.8) is 0 Å². The summed E-state index contributed by atoms with van der Waals surface area (Å²) in [6.45, 7) is 9.66. The van der Waals surface area contributed by atoms with E-state index in [1.807, 2.05) is 19.2 Å². The molecular weight excluding hydrogens is 294 g/mol. The monoisotopic (exact) mass is 315 g/mol. The molecule has 0 unspecified atom stereocenters. The van der Waals surface area contributed by atoms with Crippen LogP contribution in [0.5, 0.6) is 0 Å². The van der Waals surface area contributed by atoms with E-state index in [2.05, 4.69) is 73.5 Å². The third kappa shape index (κ3) is 3.04. The second kappa shape index (κ2) is 6.63. The Kier molecular flexibility index (Phi) is 4.39. The first-order valence-electron chi connectivity index (χ1n) is 7.92. The van der Waals surface area contributed by atoms with Crippen molar-refractivity contribution in [3.8, 4) is 11.3 Å². The molecule has 3 aromatic rings. The van der Waals surface area contributed by atoms with Crippen molar-refractivity contribution in [3.05, 3.63) is 91.2 Å². The van der Waals surface area contributed by atoms with E-state index in [0.29, 0.717) is 0 Å². The first kappa shape index (κ1) is 15.9. The number of nitrogens with zero attached hydrogens (tertiary/aromatic N) is 1. The van der Waals surface area contributed by atoms with E-state index in [-0.39, 0.29) is 0 Å². The summed E-state index contributed by atoms with van der Waals surface area (Å²) in [4.78, 5) is 2.07. The van der Waals surface area contributed by atoms with Crippen LogP contribution in [0.25, 0.3) is 22.3 Å². The fourth-order valence-corrected chi connectivity index (χ4v) is 2.72. The number of allylic oxidation sites excluding steroid dienone is 3. The molecule has 0 aliphatic heterocycles. The third-order valence-electron chi connectivity index (χ3n) is 4.10. The van der Waals surface area contributed by atoms with E-state index in [1.165, 1.54) is 5.56 Å². The summed E-state index contributed by atoms with van der Waals surface area (Å²) < 4.78 is 5.99. The van der Waals surface area contributed by atoms with Crippen molar-refractivity contribution in [2.75, 3.05) is 11.9 Å². The molecule has 0 fully saturated rings. The maximum absolute atomic E-state index is 5.99. The van der Waals surface area contributed by atoms with Crippen LogP contribution in [0.1, 0.15) is 5.56 Å². The van der Waals surface area contributed by atoms with Gasteiger partial charge in [-0.2, -0.15) is 0 Å². The number of fused-ring (bicyclic) bond motifs is 1. The van der Waals surface area contributed by atoms with Gasteiger partial charge in [-0.05, 0) is 61.0 Å². The van der Waals surface area contributed by atoms with Gasteiger partial charge in [-0.1, -0.05) is 31.4 Å². The number of furan rings is 1. The van der Waals surface area contributed by atoms with Gasteiger partial charge in [0.25, 0.3) is 0 Å². The van der Waals surface area contributed by atoms with Gasteiger partial charge >= 0.3 is 0 Å². The summed E-state index contributed by atoms with van der Waals surface area (Å²) in [5.74, 6) is 0.885. The Morgan fingerprint density at radius 3 is 2.46 bits per heavy atom. The number of benzene rings is 2. The molecule has 0 spiro atoms. The van der Waals surface area contributed by atoms with Gasteiger partial charge in [0.05, 0.1) is 0 Å². The predicted octanol–water partition coefficient (Wildman–Crippen LogP) is 6.10. The summed E-state index contributed by atoms with van der Waals surface area (Å²) in [6.07, 6.45) is 5.51. The van der Waals surface area contributed by atoms with Crippen LogP contribution in [0.3, 0.4) is 0 Å². The molecule has 0 radical (unpaired) electrons. The third-order valence-corrected chi connectivity index (χ3v) is 4.10. The van der Waals surface area contributed by atoms with Crippen molar-refractivity contribution >= 4 is 16.7 Å². The second-order valence-electron chi connectivity index (χ2n) is 5.79. The number of hydrogen-bond acceptors (Lipinski definition) is 2. The van der Waals surface area contributed by atoms with Crippen LogP contribution in [0.4, 0.5) is 5.69 Å². The number of anilines is 1. The van der Waals surface area contributed by atoms with Crippen molar-refractivity contribution < 1.29 is 4.42 Å². The molecule has 0 N–H and O–H groups in total. The second-order valence-corrected chi connectivity index (χ2v) is 5.79. The van der Waals surface area contributed by atoms with E-state index in [0.717, 1.165) is 33.7 Å². The molecule has 1 aromatic heterocycles. The molecule has 0 bridgehead atoms. The minimum atomic E-state index is 0.885. The minimum absolute atomic E-state index is 0.885. The molecule has 2 nitrogen and oxygen atoms in total. The lowest BCUT2D eigenvalue weighted by Crippen LogP contribution is -2.14. The smallest absolute Gasteiger partial charge is 0.135 e. The van der Waals surface area contributed by atoms with Crippen LogP contribution in [0.2, 0.25) is 0 Å². The Bertz CT molecular complexity index is 913. The van der Waals surface area contributed by atoms with Gasteiger partial charge in [-0.25, -0.2) is 0 Å². The number of likely N-dealkylation sites (N-methyl/N-ethyl adjacent to an activating group) is 1. The maximum Gasteiger partial charge on any atom is 0.135 e. The Balaban J connectivity index is 1.92. The van der Waals surface area contributed by atoms with Gasteiger partial charge in [0, 0.05) is 29.4 Å². The SMILES string of the molecule is C=C/C=C(\C=C)N(C)c1ccc(-c2cc3ccc(C)cc3o2)cc1. The first-order valence-corrected chi connectivity index (χ1v) is 7.92. The molecule has 2 aromatic carbocycles. The average Bonchev–Trinajstić information content (AvgIpc) is 3.02. The summed E-state index contributed by atoms with van der Waals surface area (Å²) in [5, 5.41) is 1.12. The summed E-state index contributed by atoms with van der Waals surface area (Å²) in [5.41, 5.74) is 5.27. The highest BCUT2D eigenvalue weighted by atomic mass is 16.3. The molecule has 0 aliphatic rings. The fourth-order valence-electron chi connectivity index (χ4n) is 2.72. The zero-order valence-corrected chi connectivity index (χ0v) is 14.1. The Morgan fingerprint density at radius 2 is 1.79 bits per heavy atom. The largest absolute Gasteiger partial charge is 0.456 e. The van der Waals surface area contributed by atoms with Gasteiger partial charge in [0.2, 0.25) is 0 Å². The highest BCUT2D eigenvalue weighted by Crippen LogP contribution is 2.30. The number of hydrogen-bond donors (Lipinski definition) is 0. The summed E-state index contributed by atoms with van der Waals surface area (Å²) in [7, 11) is 2.01. The quantitative estimate of drug-likeness (QED) is 0.529. The maximum atomic E-state index is 5.99. The molecule has 1 heterocycles. The van der Waals surface area contributed by atoms with Crippen LogP contribution >= 0.6 is 0 Å². The highest BCUT2D eigenvalue weighted by Gasteiger charge is 2.08. The predicted molar refractivity (Wildman–Crippen MR) is 103 cm³/mol. The number of aryl methyl sites for hydroxylation is 1. The van der Waals surface area contributed by atoms with Gasteiger partial charge < -0.3 is 9.32 Å². The van der Waals surface area contributed by atoms with Crippen molar-refractivity contribution in [1.29, 1.82) is 0 Å². The molecular formula is C22H21NO. The molecule has 0 amide bonds. The molecule has 3 rings (SSSR count). The van der Waals surface area contributed by atoms with E-state index in [1.54, 1.807) is 6.08 Å². The molecule has 0 saturated carbocycles. The fraction of sp³-hybridized carbons (Fsp3) is 0.0909. The van der Waals surface area contributed by atoms with Gasteiger partial charge in [-0.3, -0.25) is 0 Å². The molecule has 120 valence electrons. The average molecular weight is 315 g/mol. The number of rotatable bonds is 5. The lowest BCUT2D eigenvalue weighted by Gasteiger charge is -2.20. The topological polar surface area (TPSA) is 16.4 Å². The zero-order chi connectivity index (χ0) is 17.1. The van der Waals surface area contributed by atoms with Crippen LogP contribution in [-0.4, -0.2) is 7.05 Å². The minimum Gasteiger partial charge on any atom is -0.456 e. The van der Waals surface area contributed by atoms with Crippen LogP contribution in [0.15, 0.2) is 90.0 Å². The molecule has 0 saturated heterocycles. The Labute approximate surface area is 143 Å². The Hall–Kier alpha value is -3.00. The van der Waals surface area contributed by atoms with Crippen LogP contribution in [0, 0.1) is 6.92 Å². The lowest BCUT2D eigenvalue weighted by molar-refractivity contribution is 0.631. The molecule has 0 aliphatic carbocycles. The van der Waals surface area contributed by atoms with E-state index >= 15 is 0 Å². The van der Waals surface area contributed by atoms with Gasteiger partial charge in [-0.15, -0.1) is 0 Å². The standard InChI is InChI=1S/C22H21NO/c1-5-7-19(6-2)23(4)20-12-10-17(11-13-20)22-15-18-9-8-16(3)14-21(18)24-22/h5-15H,1-2H2,3-4H3/b19-7+. The van der Waals surface area contributed by atoms with E-state index < -0.39 is 0 Å². The van der Waals surface area contributed by atoms with Gasteiger partial charge in [0.15, 0.2) is 0 Å². The molecule has 24 heavy (non-hydrogen) atoms. The normalized spacial score (nSPS) is 11.5.